The molecule has 1 aliphatic rings. The molecule has 1 aromatic carbocycles. The van der Waals surface area contributed by atoms with E-state index in [1.165, 1.54) is 34.7 Å². The molecule has 1 atom stereocenters. The SMILES string of the molecule is Cc1ccc(N[C@@H]2CCSC2)c(C)c1. The van der Waals surface area contributed by atoms with Crippen molar-refractivity contribution in [3.8, 4) is 0 Å². The number of rotatable bonds is 2. The molecule has 0 aliphatic carbocycles. The number of benzene rings is 1. The third-order valence-electron chi connectivity index (χ3n) is 2.67. The molecule has 1 saturated heterocycles. The lowest BCUT2D eigenvalue weighted by molar-refractivity contribution is 0.811. The Bertz CT molecular complexity index is 316. The highest BCUT2D eigenvalue weighted by molar-refractivity contribution is 7.99. The van der Waals surface area contributed by atoms with Crippen molar-refractivity contribution in [2.75, 3.05) is 16.8 Å². The van der Waals surface area contributed by atoms with Gasteiger partial charge in [-0.25, -0.2) is 0 Å². The molecule has 0 bridgehead atoms. The minimum absolute atomic E-state index is 0.682. The molecule has 1 fully saturated rings. The second-order valence-electron chi connectivity index (χ2n) is 4.02. The highest BCUT2D eigenvalue weighted by atomic mass is 32.2. The average molecular weight is 207 g/mol. The lowest BCUT2D eigenvalue weighted by atomic mass is 10.1. The maximum atomic E-state index is 3.62. The van der Waals surface area contributed by atoms with E-state index in [2.05, 4.69) is 37.4 Å². The molecule has 0 spiro atoms. The quantitative estimate of drug-likeness (QED) is 0.799. The van der Waals surface area contributed by atoms with Gasteiger partial charge in [-0.3, -0.25) is 0 Å². The Hall–Kier alpha value is -0.630. The number of thioether (sulfide) groups is 1. The number of nitrogens with one attached hydrogen (secondary N) is 1. The van der Waals surface area contributed by atoms with Gasteiger partial charge in [0, 0.05) is 17.5 Å². The lowest BCUT2D eigenvalue weighted by Gasteiger charge is -2.15. The minimum Gasteiger partial charge on any atom is -0.381 e. The fourth-order valence-electron chi connectivity index (χ4n) is 1.84. The van der Waals surface area contributed by atoms with Crippen molar-refractivity contribution in [2.45, 2.75) is 26.3 Å². The molecule has 2 heteroatoms. The number of hydrogen-bond acceptors (Lipinski definition) is 2. The molecule has 0 aromatic heterocycles. The van der Waals surface area contributed by atoms with Crippen LogP contribution in [0.2, 0.25) is 0 Å². The topological polar surface area (TPSA) is 12.0 Å². The summed E-state index contributed by atoms with van der Waals surface area (Å²) >= 11 is 2.05. The van der Waals surface area contributed by atoms with E-state index in [0.29, 0.717) is 6.04 Å². The molecule has 1 N–H and O–H groups in total. The van der Waals surface area contributed by atoms with E-state index >= 15 is 0 Å². The van der Waals surface area contributed by atoms with Crippen molar-refractivity contribution >= 4 is 17.4 Å². The molecule has 0 radical (unpaired) electrons. The second kappa shape index (κ2) is 4.26. The summed E-state index contributed by atoms with van der Waals surface area (Å²) in [6.45, 7) is 4.32. The zero-order valence-electron chi connectivity index (χ0n) is 8.84. The van der Waals surface area contributed by atoms with Crippen LogP contribution in [0.25, 0.3) is 0 Å². The summed E-state index contributed by atoms with van der Waals surface area (Å²) in [7, 11) is 0. The number of hydrogen-bond donors (Lipinski definition) is 1. The average Bonchev–Trinajstić information content (AvgIpc) is 2.62. The van der Waals surface area contributed by atoms with Crippen LogP contribution < -0.4 is 5.32 Å². The van der Waals surface area contributed by atoms with E-state index in [4.69, 9.17) is 0 Å². The molecule has 1 heterocycles. The Morgan fingerprint density at radius 2 is 2.21 bits per heavy atom. The van der Waals surface area contributed by atoms with E-state index in [-0.39, 0.29) is 0 Å². The van der Waals surface area contributed by atoms with Gasteiger partial charge in [-0.05, 0) is 37.7 Å². The molecular formula is C12H17NS. The van der Waals surface area contributed by atoms with E-state index in [0.717, 1.165) is 0 Å². The third kappa shape index (κ3) is 2.24. The zero-order valence-corrected chi connectivity index (χ0v) is 9.66. The van der Waals surface area contributed by atoms with Crippen LogP contribution in [0.3, 0.4) is 0 Å². The summed E-state index contributed by atoms with van der Waals surface area (Å²) in [5, 5.41) is 3.62. The standard InChI is InChI=1S/C12H17NS/c1-9-3-4-12(10(2)7-9)13-11-5-6-14-8-11/h3-4,7,11,13H,5-6,8H2,1-2H3/t11-/m1/s1. The Labute approximate surface area is 90.3 Å². The predicted molar refractivity (Wildman–Crippen MR) is 65.3 cm³/mol. The molecule has 0 amide bonds. The van der Waals surface area contributed by atoms with Gasteiger partial charge in [-0.1, -0.05) is 17.7 Å². The van der Waals surface area contributed by atoms with Crippen molar-refractivity contribution in [1.82, 2.24) is 0 Å². The van der Waals surface area contributed by atoms with Gasteiger partial charge in [-0.15, -0.1) is 0 Å². The molecule has 0 unspecified atom stereocenters. The normalized spacial score (nSPS) is 21.1. The molecule has 1 nitrogen and oxygen atoms in total. The first kappa shape index (κ1) is 9.91. The third-order valence-corrected chi connectivity index (χ3v) is 3.83. The second-order valence-corrected chi connectivity index (χ2v) is 5.17. The van der Waals surface area contributed by atoms with Crippen LogP contribution in [0.1, 0.15) is 17.5 Å². The zero-order chi connectivity index (χ0) is 9.97. The largest absolute Gasteiger partial charge is 0.381 e. The maximum Gasteiger partial charge on any atom is 0.0372 e. The molecular weight excluding hydrogens is 190 g/mol. The molecule has 14 heavy (non-hydrogen) atoms. The van der Waals surface area contributed by atoms with Gasteiger partial charge < -0.3 is 5.32 Å². The van der Waals surface area contributed by atoms with Crippen LogP contribution in [0.15, 0.2) is 18.2 Å². The molecule has 2 rings (SSSR count). The predicted octanol–water partition coefficient (Wildman–Crippen LogP) is 3.22. The van der Waals surface area contributed by atoms with Gasteiger partial charge in [0.2, 0.25) is 0 Å². The van der Waals surface area contributed by atoms with Gasteiger partial charge in [0.1, 0.15) is 0 Å². The van der Waals surface area contributed by atoms with Crippen LogP contribution in [0.5, 0.6) is 0 Å². The summed E-state index contributed by atoms with van der Waals surface area (Å²) in [5.41, 5.74) is 4.01. The van der Waals surface area contributed by atoms with Crippen molar-refractivity contribution in [2.24, 2.45) is 0 Å². The molecule has 1 aromatic rings. The van der Waals surface area contributed by atoms with Crippen LogP contribution in [0.4, 0.5) is 5.69 Å². The highest BCUT2D eigenvalue weighted by Gasteiger charge is 2.15. The molecule has 1 aliphatic heterocycles. The van der Waals surface area contributed by atoms with Gasteiger partial charge in [-0.2, -0.15) is 11.8 Å². The van der Waals surface area contributed by atoms with E-state index < -0.39 is 0 Å². The summed E-state index contributed by atoms with van der Waals surface area (Å²) in [6, 6.07) is 7.30. The van der Waals surface area contributed by atoms with Crippen LogP contribution in [-0.2, 0) is 0 Å². The minimum atomic E-state index is 0.682. The van der Waals surface area contributed by atoms with Crippen molar-refractivity contribution in [3.05, 3.63) is 29.3 Å². The van der Waals surface area contributed by atoms with Crippen LogP contribution in [-0.4, -0.2) is 17.5 Å². The van der Waals surface area contributed by atoms with Crippen molar-refractivity contribution < 1.29 is 0 Å². The first-order chi connectivity index (χ1) is 6.75. The van der Waals surface area contributed by atoms with E-state index in [1.54, 1.807) is 0 Å². The maximum absolute atomic E-state index is 3.62. The van der Waals surface area contributed by atoms with Crippen molar-refractivity contribution in [3.63, 3.8) is 0 Å². The summed E-state index contributed by atoms with van der Waals surface area (Å²) in [4.78, 5) is 0. The van der Waals surface area contributed by atoms with Gasteiger partial charge >= 0.3 is 0 Å². The first-order valence-electron chi connectivity index (χ1n) is 5.17. The van der Waals surface area contributed by atoms with Crippen LogP contribution >= 0.6 is 11.8 Å². The Kier molecular flexibility index (Phi) is 3.02. The monoisotopic (exact) mass is 207 g/mol. The number of anilines is 1. The Morgan fingerprint density at radius 3 is 2.86 bits per heavy atom. The first-order valence-corrected chi connectivity index (χ1v) is 6.33. The Balaban J connectivity index is 2.08. The Morgan fingerprint density at radius 1 is 1.36 bits per heavy atom. The fraction of sp³-hybridized carbons (Fsp3) is 0.500. The lowest BCUT2D eigenvalue weighted by Crippen LogP contribution is -2.18. The molecule has 76 valence electrons. The summed E-state index contributed by atoms with van der Waals surface area (Å²) < 4.78 is 0. The smallest absolute Gasteiger partial charge is 0.0372 e. The van der Waals surface area contributed by atoms with Gasteiger partial charge in [0.15, 0.2) is 0 Å². The molecule has 0 saturated carbocycles. The van der Waals surface area contributed by atoms with Gasteiger partial charge in [0.05, 0.1) is 0 Å². The fourth-order valence-corrected chi connectivity index (χ4v) is 3.00. The van der Waals surface area contributed by atoms with Crippen molar-refractivity contribution in [1.29, 1.82) is 0 Å². The van der Waals surface area contributed by atoms with Gasteiger partial charge in [0.25, 0.3) is 0 Å². The van der Waals surface area contributed by atoms with Crippen LogP contribution in [0, 0.1) is 13.8 Å². The highest BCUT2D eigenvalue weighted by Crippen LogP contribution is 2.23. The van der Waals surface area contributed by atoms with E-state index in [1.807, 2.05) is 11.8 Å². The van der Waals surface area contributed by atoms with E-state index in [9.17, 15) is 0 Å². The number of aryl methyl sites for hydroxylation is 2. The summed E-state index contributed by atoms with van der Waals surface area (Å²) in [5.74, 6) is 2.57. The summed E-state index contributed by atoms with van der Waals surface area (Å²) in [6.07, 6.45) is 1.30.